The molecule has 0 spiro atoms. The van der Waals surface area contributed by atoms with Crippen molar-refractivity contribution >= 4 is 34.4 Å². The minimum atomic E-state index is -0.444. The van der Waals surface area contributed by atoms with Crippen molar-refractivity contribution < 1.29 is 4.79 Å². The first-order valence-electron chi connectivity index (χ1n) is 11.2. The Kier molecular flexibility index (Phi) is 6.69. The van der Waals surface area contributed by atoms with Crippen LogP contribution in [0.1, 0.15) is 55.0 Å². The van der Waals surface area contributed by atoms with Gasteiger partial charge in [0, 0.05) is 25.7 Å². The van der Waals surface area contributed by atoms with Gasteiger partial charge in [-0.25, -0.2) is 14.8 Å². The molecule has 33 heavy (non-hydrogen) atoms. The highest BCUT2D eigenvalue weighted by atomic mass is 32.2. The van der Waals surface area contributed by atoms with Gasteiger partial charge in [-0.1, -0.05) is 37.1 Å². The predicted octanol–water partition coefficient (Wildman–Crippen LogP) is 3.42. The fraction of sp³-hybridized carbons (Fsp3) is 0.458. The molecule has 0 unspecified atom stereocenters. The second-order valence-electron chi connectivity index (χ2n) is 8.84. The summed E-state index contributed by atoms with van der Waals surface area (Å²) in [7, 11) is 3.06. The third-order valence-corrected chi connectivity index (χ3v) is 7.08. The predicted molar refractivity (Wildman–Crippen MR) is 131 cm³/mol. The molecule has 174 valence electrons. The first-order chi connectivity index (χ1) is 15.7. The van der Waals surface area contributed by atoms with E-state index in [0.29, 0.717) is 16.5 Å². The SMILES string of the molecule is Cc1cc(C)cc(NC(=O)CSc2nc(C3CCCCC3)nc3c2c(=O)n(C)c(=O)n3C)c1. The van der Waals surface area contributed by atoms with Gasteiger partial charge in [0.25, 0.3) is 5.56 Å². The summed E-state index contributed by atoms with van der Waals surface area (Å²) in [6.45, 7) is 3.97. The molecular formula is C24H29N5O3S. The van der Waals surface area contributed by atoms with E-state index >= 15 is 0 Å². The summed E-state index contributed by atoms with van der Waals surface area (Å²) >= 11 is 1.21. The smallest absolute Gasteiger partial charge is 0.325 e. The molecule has 1 aromatic carbocycles. The summed E-state index contributed by atoms with van der Waals surface area (Å²) < 4.78 is 2.45. The number of aryl methyl sites for hydroxylation is 3. The molecule has 2 aromatic heterocycles. The zero-order valence-electron chi connectivity index (χ0n) is 19.5. The van der Waals surface area contributed by atoms with E-state index < -0.39 is 11.2 Å². The van der Waals surface area contributed by atoms with Crippen LogP contribution < -0.4 is 16.6 Å². The zero-order chi connectivity index (χ0) is 23.7. The number of fused-ring (bicyclic) bond motifs is 1. The number of benzene rings is 1. The fourth-order valence-electron chi connectivity index (χ4n) is 4.47. The highest BCUT2D eigenvalue weighted by molar-refractivity contribution is 8.00. The molecule has 1 aliphatic rings. The van der Waals surface area contributed by atoms with Crippen molar-refractivity contribution in [1.29, 1.82) is 0 Å². The van der Waals surface area contributed by atoms with E-state index in [0.717, 1.165) is 47.1 Å². The maximum absolute atomic E-state index is 13.0. The Morgan fingerprint density at radius 3 is 2.36 bits per heavy atom. The normalized spacial score (nSPS) is 14.5. The van der Waals surface area contributed by atoms with Crippen LogP contribution in [0.4, 0.5) is 5.69 Å². The average molecular weight is 468 g/mol. The number of carbonyl (C=O) groups excluding carboxylic acids is 1. The van der Waals surface area contributed by atoms with Gasteiger partial charge in [-0.3, -0.25) is 18.7 Å². The lowest BCUT2D eigenvalue weighted by Gasteiger charge is -2.21. The summed E-state index contributed by atoms with van der Waals surface area (Å²) in [4.78, 5) is 47.6. The minimum absolute atomic E-state index is 0.0925. The molecule has 3 aromatic rings. The molecule has 0 atom stereocenters. The van der Waals surface area contributed by atoms with Gasteiger partial charge in [0.15, 0.2) is 5.65 Å². The van der Waals surface area contributed by atoms with Gasteiger partial charge in [-0.05, 0) is 49.9 Å². The summed E-state index contributed by atoms with van der Waals surface area (Å²) in [5, 5.41) is 3.66. The molecule has 0 saturated heterocycles. The lowest BCUT2D eigenvalue weighted by Crippen LogP contribution is -2.38. The van der Waals surface area contributed by atoms with Gasteiger partial charge in [-0.15, -0.1) is 0 Å². The number of rotatable bonds is 5. The van der Waals surface area contributed by atoms with Gasteiger partial charge < -0.3 is 5.32 Å². The molecular weight excluding hydrogens is 438 g/mol. The van der Waals surface area contributed by atoms with E-state index in [1.54, 1.807) is 7.05 Å². The summed E-state index contributed by atoms with van der Waals surface area (Å²) in [5.74, 6) is 0.765. The number of thioether (sulfide) groups is 1. The number of nitrogens with one attached hydrogen (secondary N) is 1. The summed E-state index contributed by atoms with van der Waals surface area (Å²) in [6, 6.07) is 5.88. The lowest BCUT2D eigenvalue weighted by molar-refractivity contribution is -0.113. The first-order valence-corrected chi connectivity index (χ1v) is 12.2. The van der Waals surface area contributed by atoms with E-state index in [9.17, 15) is 14.4 Å². The van der Waals surface area contributed by atoms with E-state index in [4.69, 9.17) is 4.98 Å². The number of amides is 1. The third kappa shape index (κ3) is 4.88. The quantitative estimate of drug-likeness (QED) is 0.456. The average Bonchev–Trinajstić information content (AvgIpc) is 2.79. The first kappa shape index (κ1) is 23.2. The van der Waals surface area contributed by atoms with E-state index in [1.165, 1.54) is 29.8 Å². The third-order valence-electron chi connectivity index (χ3n) is 6.10. The second kappa shape index (κ2) is 9.51. The number of hydrogen-bond donors (Lipinski definition) is 1. The molecule has 1 fully saturated rings. The number of hydrogen-bond acceptors (Lipinski definition) is 6. The van der Waals surface area contributed by atoms with Gasteiger partial charge in [0.2, 0.25) is 5.91 Å². The van der Waals surface area contributed by atoms with Crippen molar-refractivity contribution in [2.75, 3.05) is 11.1 Å². The molecule has 9 heteroatoms. The summed E-state index contributed by atoms with van der Waals surface area (Å²) in [5.41, 5.74) is 2.34. The molecule has 0 radical (unpaired) electrons. The molecule has 8 nitrogen and oxygen atoms in total. The van der Waals surface area contributed by atoms with Crippen LogP contribution >= 0.6 is 11.8 Å². The molecule has 0 bridgehead atoms. The van der Waals surface area contributed by atoms with Crippen molar-refractivity contribution in [3.63, 3.8) is 0 Å². The Hall–Kier alpha value is -2.94. The maximum atomic E-state index is 13.0. The fourth-order valence-corrected chi connectivity index (χ4v) is 5.29. The van der Waals surface area contributed by atoms with Crippen molar-refractivity contribution in [1.82, 2.24) is 19.1 Å². The van der Waals surface area contributed by atoms with Gasteiger partial charge in [-0.2, -0.15) is 0 Å². The molecule has 1 amide bonds. The Morgan fingerprint density at radius 1 is 1.03 bits per heavy atom. The second-order valence-corrected chi connectivity index (χ2v) is 9.80. The molecule has 0 aliphatic heterocycles. The maximum Gasteiger partial charge on any atom is 0.332 e. The standard InChI is InChI=1S/C24H29N5O3S/c1-14-10-15(2)12-17(11-14)25-18(30)13-33-22-19-21(28(3)24(32)29(4)23(19)31)26-20(27-22)16-8-6-5-7-9-16/h10-12,16H,5-9,13H2,1-4H3,(H,25,30). The summed E-state index contributed by atoms with van der Waals surface area (Å²) in [6.07, 6.45) is 5.40. The number of nitrogens with zero attached hydrogens (tertiary/aromatic N) is 4. The topological polar surface area (TPSA) is 98.9 Å². The van der Waals surface area contributed by atoms with Crippen molar-refractivity contribution in [3.8, 4) is 0 Å². The minimum Gasteiger partial charge on any atom is -0.325 e. The number of anilines is 1. The Morgan fingerprint density at radius 2 is 1.70 bits per heavy atom. The van der Waals surface area contributed by atoms with E-state index in [-0.39, 0.29) is 23.0 Å². The van der Waals surface area contributed by atoms with E-state index in [2.05, 4.69) is 10.3 Å². The number of carbonyl (C=O) groups is 1. The Bertz CT molecular complexity index is 1320. The zero-order valence-corrected chi connectivity index (χ0v) is 20.3. The molecule has 1 aliphatic carbocycles. The van der Waals surface area contributed by atoms with Crippen LogP contribution in [-0.4, -0.2) is 30.8 Å². The monoisotopic (exact) mass is 467 g/mol. The van der Waals surface area contributed by atoms with Crippen LogP contribution in [0, 0.1) is 13.8 Å². The van der Waals surface area contributed by atoms with Crippen LogP contribution in [0.2, 0.25) is 0 Å². The van der Waals surface area contributed by atoms with Crippen LogP contribution in [-0.2, 0) is 18.9 Å². The van der Waals surface area contributed by atoms with Crippen molar-refractivity contribution in [3.05, 3.63) is 56.0 Å². The van der Waals surface area contributed by atoms with Crippen molar-refractivity contribution in [2.45, 2.75) is 56.9 Å². The van der Waals surface area contributed by atoms with Crippen LogP contribution in [0.3, 0.4) is 0 Å². The van der Waals surface area contributed by atoms with E-state index in [1.807, 2.05) is 32.0 Å². The van der Waals surface area contributed by atoms with Crippen molar-refractivity contribution in [2.24, 2.45) is 14.1 Å². The highest BCUT2D eigenvalue weighted by Gasteiger charge is 2.23. The molecule has 4 rings (SSSR count). The van der Waals surface area contributed by atoms with Crippen LogP contribution in [0.15, 0.2) is 32.8 Å². The Labute approximate surface area is 196 Å². The van der Waals surface area contributed by atoms with Gasteiger partial charge in [0.05, 0.1) is 5.75 Å². The highest BCUT2D eigenvalue weighted by Crippen LogP contribution is 2.33. The number of aromatic nitrogens is 4. The van der Waals surface area contributed by atoms with Crippen LogP contribution in [0.5, 0.6) is 0 Å². The Balaban J connectivity index is 1.69. The van der Waals surface area contributed by atoms with Gasteiger partial charge in [0.1, 0.15) is 16.2 Å². The molecule has 1 saturated carbocycles. The lowest BCUT2D eigenvalue weighted by atomic mass is 9.89. The molecule has 1 N–H and O–H groups in total. The largest absolute Gasteiger partial charge is 0.332 e. The van der Waals surface area contributed by atoms with Crippen LogP contribution in [0.25, 0.3) is 11.0 Å². The molecule has 2 heterocycles. The van der Waals surface area contributed by atoms with Gasteiger partial charge >= 0.3 is 5.69 Å².